The molecule has 1 atom stereocenters. The third-order valence-electron chi connectivity index (χ3n) is 5.29. The fourth-order valence-electron chi connectivity index (χ4n) is 3.35. The number of ether oxygens (including phenoxy) is 1. The molecule has 0 spiro atoms. The Morgan fingerprint density at radius 2 is 1.92 bits per heavy atom. The number of hydrogen-bond acceptors (Lipinski definition) is 5. The number of likely N-dealkylation sites (tertiary alicyclic amines) is 1. The van der Waals surface area contributed by atoms with Crippen LogP contribution in [0.4, 0.5) is 0 Å². The highest BCUT2D eigenvalue weighted by atomic mass is 32.2. The third-order valence-corrected chi connectivity index (χ3v) is 7.90. The maximum atomic E-state index is 12.2. The Balaban J connectivity index is 1.68. The molecule has 2 fully saturated rings. The smallest absolute Gasteiger partial charge is 0.191 e. The van der Waals surface area contributed by atoms with E-state index in [0.717, 1.165) is 45.7 Å². The Bertz CT molecular complexity index is 557. The van der Waals surface area contributed by atoms with Crippen molar-refractivity contribution in [2.75, 3.05) is 52.2 Å². The SMILES string of the molecule is CN=C(NCCS(=O)(=O)C(C)(C)C)NC1CCN(CC2CCOC2)CC1. The maximum absolute atomic E-state index is 12.2. The van der Waals surface area contributed by atoms with Gasteiger partial charge in [0.15, 0.2) is 15.8 Å². The molecule has 2 rings (SSSR count). The van der Waals surface area contributed by atoms with E-state index in [0.29, 0.717) is 24.5 Å². The topological polar surface area (TPSA) is 83.0 Å². The average molecular weight is 389 g/mol. The number of hydrogen-bond donors (Lipinski definition) is 2. The molecule has 2 aliphatic heterocycles. The van der Waals surface area contributed by atoms with Crippen LogP contribution in [0.3, 0.4) is 0 Å². The van der Waals surface area contributed by atoms with Crippen LogP contribution in [0.2, 0.25) is 0 Å². The molecule has 2 N–H and O–H groups in total. The number of nitrogens with one attached hydrogen (secondary N) is 2. The van der Waals surface area contributed by atoms with E-state index in [-0.39, 0.29) is 5.75 Å². The van der Waals surface area contributed by atoms with Crippen LogP contribution in [0.15, 0.2) is 4.99 Å². The van der Waals surface area contributed by atoms with Gasteiger partial charge in [-0.2, -0.15) is 0 Å². The molecular weight excluding hydrogens is 352 g/mol. The van der Waals surface area contributed by atoms with Crippen LogP contribution in [-0.4, -0.2) is 82.3 Å². The molecule has 0 aromatic heterocycles. The Morgan fingerprint density at radius 3 is 2.46 bits per heavy atom. The van der Waals surface area contributed by atoms with Gasteiger partial charge in [0.1, 0.15) is 0 Å². The molecule has 152 valence electrons. The summed E-state index contributed by atoms with van der Waals surface area (Å²) in [4.78, 5) is 6.77. The number of aliphatic imine (C=N–C) groups is 1. The first-order valence-electron chi connectivity index (χ1n) is 9.71. The summed E-state index contributed by atoms with van der Waals surface area (Å²) in [5, 5.41) is 6.58. The summed E-state index contributed by atoms with van der Waals surface area (Å²) in [5.41, 5.74) is 0. The van der Waals surface area contributed by atoms with E-state index in [9.17, 15) is 8.42 Å². The van der Waals surface area contributed by atoms with E-state index in [2.05, 4.69) is 20.5 Å². The van der Waals surface area contributed by atoms with E-state index in [1.165, 1.54) is 6.42 Å². The monoisotopic (exact) mass is 388 g/mol. The zero-order valence-corrected chi connectivity index (χ0v) is 17.6. The van der Waals surface area contributed by atoms with Gasteiger partial charge in [0.25, 0.3) is 0 Å². The summed E-state index contributed by atoms with van der Waals surface area (Å²) in [5.74, 6) is 1.49. The molecule has 0 aromatic rings. The molecule has 26 heavy (non-hydrogen) atoms. The van der Waals surface area contributed by atoms with Gasteiger partial charge in [0, 0.05) is 45.9 Å². The molecule has 7 nitrogen and oxygen atoms in total. The fraction of sp³-hybridized carbons (Fsp3) is 0.944. The van der Waals surface area contributed by atoms with Gasteiger partial charge in [-0.3, -0.25) is 4.99 Å². The van der Waals surface area contributed by atoms with Crippen molar-refractivity contribution in [2.45, 2.75) is 50.8 Å². The summed E-state index contributed by atoms with van der Waals surface area (Å²) in [7, 11) is -1.39. The lowest BCUT2D eigenvalue weighted by Crippen LogP contribution is -2.50. The first kappa shape index (κ1) is 21.4. The molecule has 0 amide bonds. The molecule has 1 unspecified atom stereocenters. The fourth-order valence-corrected chi connectivity index (χ4v) is 4.33. The van der Waals surface area contributed by atoms with Crippen molar-refractivity contribution in [3.8, 4) is 0 Å². The zero-order chi connectivity index (χ0) is 19.2. The number of nitrogens with zero attached hydrogens (tertiary/aromatic N) is 2. The van der Waals surface area contributed by atoms with Gasteiger partial charge in [0.05, 0.1) is 17.1 Å². The van der Waals surface area contributed by atoms with Crippen molar-refractivity contribution >= 4 is 15.8 Å². The molecule has 0 radical (unpaired) electrons. The van der Waals surface area contributed by atoms with Gasteiger partial charge in [-0.05, 0) is 46.0 Å². The maximum Gasteiger partial charge on any atom is 0.191 e. The van der Waals surface area contributed by atoms with E-state index in [1.54, 1.807) is 27.8 Å². The number of guanidine groups is 1. The predicted octanol–water partition coefficient (Wildman–Crippen LogP) is 0.866. The van der Waals surface area contributed by atoms with E-state index < -0.39 is 14.6 Å². The Labute approximate surface area is 158 Å². The summed E-state index contributed by atoms with van der Waals surface area (Å²) in [6, 6.07) is 0.386. The molecule has 0 aromatic carbocycles. The molecule has 2 saturated heterocycles. The molecular formula is C18H36N4O3S. The summed E-state index contributed by atoms with van der Waals surface area (Å²) in [6.45, 7) is 10.7. The van der Waals surface area contributed by atoms with Gasteiger partial charge in [-0.1, -0.05) is 0 Å². The summed E-state index contributed by atoms with van der Waals surface area (Å²) < 4.78 is 29.1. The van der Waals surface area contributed by atoms with Crippen molar-refractivity contribution in [3.63, 3.8) is 0 Å². The minimum absolute atomic E-state index is 0.110. The highest BCUT2D eigenvalue weighted by molar-refractivity contribution is 7.92. The van der Waals surface area contributed by atoms with Crippen LogP contribution in [0.5, 0.6) is 0 Å². The lowest BCUT2D eigenvalue weighted by molar-refractivity contribution is 0.150. The minimum atomic E-state index is -3.12. The van der Waals surface area contributed by atoms with Gasteiger partial charge in [-0.15, -0.1) is 0 Å². The second-order valence-corrected chi connectivity index (χ2v) is 11.2. The number of piperidine rings is 1. The molecule has 2 heterocycles. The van der Waals surface area contributed by atoms with Gasteiger partial charge in [0.2, 0.25) is 0 Å². The Kier molecular flexibility index (Phi) is 7.73. The van der Waals surface area contributed by atoms with Gasteiger partial charge < -0.3 is 20.3 Å². The second-order valence-electron chi connectivity index (χ2n) is 8.38. The van der Waals surface area contributed by atoms with Crippen molar-refractivity contribution in [1.29, 1.82) is 0 Å². The Hall–Kier alpha value is -0.860. The number of rotatable bonds is 6. The lowest BCUT2D eigenvalue weighted by atomic mass is 10.0. The highest BCUT2D eigenvalue weighted by Gasteiger charge is 2.28. The first-order valence-corrected chi connectivity index (χ1v) is 11.4. The molecule has 0 saturated carbocycles. The molecule has 0 bridgehead atoms. The number of sulfone groups is 1. The summed E-state index contributed by atoms with van der Waals surface area (Å²) >= 11 is 0. The van der Waals surface area contributed by atoms with Gasteiger partial charge in [-0.25, -0.2) is 8.42 Å². The zero-order valence-electron chi connectivity index (χ0n) is 16.8. The molecule has 0 aliphatic carbocycles. The van der Waals surface area contributed by atoms with Gasteiger partial charge >= 0.3 is 0 Å². The van der Waals surface area contributed by atoms with Crippen LogP contribution in [0, 0.1) is 5.92 Å². The quantitative estimate of drug-likeness (QED) is 0.519. The van der Waals surface area contributed by atoms with E-state index >= 15 is 0 Å². The third kappa shape index (κ3) is 6.39. The van der Waals surface area contributed by atoms with E-state index in [4.69, 9.17) is 4.74 Å². The predicted molar refractivity (Wildman–Crippen MR) is 106 cm³/mol. The van der Waals surface area contributed by atoms with E-state index in [1.807, 2.05) is 0 Å². The summed E-state index contributed by atoms with van der Waals surface area (Å²) in [6.07, 6.45) is 3.34. The second kappa shape index (κ2) is 9.37. The molecule has 2 aliphatic rings. The normalized spacial score (nSPS) is 24.0. The van der Waals surface area contributed by atoms with Crippen LogP contribution in [0.25, 0.3) is 0 Å². The van der Waals surface area contributed by atoms with Crippen LogP contribution >= 0.6 is 0 Å². The lowest BCUT2D eigenvalue weighted by Gasteiger charge is -2.34. The van der Waals surface area contributed by atoms with Crippen LogP contribution in [-0.2, 0) is 14.6 Å². The largest absolute Gasteiger partial charge is 0.381 e. The van der Waals surface area contributed by atoms with Crippen molar-refractivity contribution in [3.05, 3.63) is 0 Å². The Morgan fingerprint density at radius 1 is 1.23 bits per heavy atom. The van der Waals surface area contributed by atoms with Crippen LogP contribution in [0.1, 0.15) is 40.0 Å². The standard InChI is InChI=1S/C18H36N4O3S/c1-18(2,3)26(23,24)12-8-20-17(19-4)21-16-5-9-22(10-6-16)13-15-7-11-25-14-15/h15-16H,5-14H2,1-4H3,(H2,19,20,21). The van der Waals surface area contributed by atoms with Crippen molar-refractivity contribution < 1.29 is 13.2 Å². The first-order chi connectivity index (χ1) is 12.2. The van der Waals surface area contributed by atoms with Crippen molar-refractivity contribution in [1.82, 2.24) is 15.5 Å². The average Bonchev–Trinajstić information content (AvgIpc) is 3.07. The highest BCUT2D eigenvalue weighted by Crippen LogP contribution is 2.18. The van der Waals surface area contributed by atoms with Crippen LogP contribution < -0.4 is 10.6 Å². The van der Waals surface area contributed by atoms with Crippen molar-refractivity contribution in [2.24, 2.45) is 10.9 Å². The molecule has 8 heteroatoms. The minimum Gasteiger partial charge on any atom is -0.381 e.